The summed E-state index contributed by atoms with van der Waals surface area (Å²) in [6, 6.07) is 14.0. The van der Waals surface area contributed by atoms with Crippen LogP contribution in [0.1, 0.15) is 12.0 Å². The Hall–Kier alpha value is -4.70. The van der Waals surface area contributed by atoms with E-state index in [1.807, 2.05) is 25.1 Å². The summed E-state index contributed by atoms with van der Waals surface area (Å²) in [5.41, 5.74) is 3.91. The first-order chi connectivity index (χ1) is 17.6. The van der Waals surface area contributed by atoms with Crippen LogP contribution in [0.2, 0.25) is 0 Å². The number of nitroso groups, excluding NO2 is 1. The van der Waals surface area contributed by atoms with Gasteiger partial charge in [0, 0.05) is 36.2 Å². The van der Waals surface area contributed by atoms with Crippen molar-refractivity contribution in [1.29, 1.82) is 0 Å². The van der Waals surface area contributed by atoms with Crippen molar-refractivity contribution in [2.75, 3.05) is 18.5 Å². The predicted octanol–water partition coefficient (Wildman–Crippen LogP) is 4.60. The van der Waals surface area contributed by atoms with Crippen LogP contribution in [-0.2, 0) is 0 Å². The Morgan fingerprint density at radius 2 is 2.00 bits per heavy atom. The maximum atomic E-state index is 13.5. The van der Waals surface area contributed by atoms with Crippen LogP contribution < -0.4 is 10.9 Å². The summed E-state index contributed by atoms with van der Waals surface area (Å²) in [5.74, 6) is 0.597. The first-order valence-electron chi connectivity index (χ1n) is 11.3. The Labute approximate surface area is 205 Å². The van der Waals surface area contributed by atoms with Gasteiger partial charge in [0.1, 0.15) is 22.6 Å². The number of rotatable bonds is 8. The van der Waals surface area contributed by atoms with E-state index in [1.165, 1.54) is 17.1 Å². The molecule has 0 saturated heterocycles. The minimum absolute atomic E-state index is 0.0441. The standard InChI is InChI=1S/C26H22N6O4/c1-16-10-17(23-14-27-15-36-23)12-18(11-16)24-25-20(4-2-7-29-25)26(34)32(30-24)22-13-19(28-8-3-9-33)5-6-21(22)31-35/h2,4-7,10-15,28,33H,3,8-9H2,1H3. The number of aromatic nitrogens is 4. The molecule has 180 valence electrons. The van der Waals surface area contributed by atoms with Crippen molar-refractivity contribution in [3.63, 3.8) is 0 Å². The molecule has 0 amide bonds. The van der Waals surface area contributed by atoms with Crippen molar-refractivity contribution >= 4 is 22.3 Å². The van der Waals surface area contributed by atoms with Gasteiger partial charge in [0.2, 0.25) is 0 Å². The SMILES string of the molecule is Cc1cc(-c2cnco2)cc(-c2nn(-c3cc(NCCCO)ccc3N=O)c(=O)c3cccnc23)c1. The number of fused-ring (bicyclic) bond motifs is 1. The van der Waals surface area contributed by atoms with Gasteiger partial charge in [-0.25, -0.2) is 4.98 Å². The summed E-state index contributed by atoms with van der Waals surface area (Å²) in [7, 11) is 0. The van der Waals surface area contributed by atoms with Crippen molar-refractivity contribution in [2.45, 2.75) is 13.3 Å². The quantitative estimate of drug-likeness (QED) is 0.242. The van der Waals surface area contributed by atoms with E-state index >= 15 is 0 Å². The Morgan fingerprint density at radius 3 is 2.78 bits per heavy atom. The second-order valence-corrected chi connectivity index (χ2v) is 8.22. The largest absolute Gasteiger partial charge is 0.444 e. The van der Waals surface area contributed by atoms with E-state index < -0.39 is 5.56 Å². The van der Waals surface area contributed by atoms with Crippen molar-refractivity contribution in [1.82, 2.24) is 19.7 Å². The van der Waals surface area contributed by atoms with Crippen LogP contribution in [0.4, 0.5) is 11.4 Å². The number of benzene rings is 2. The molecule has 2 N–H and O–H groups in total. The molecule has 0 atom stereocenters. The zero-order valence-electron chi connectivity index (χ0n) is 19.4. The monoisotopic (exact) mass is 482 g/mol. The van der Waals surface area contributed by atoms with Gasteiger partial charge >= 0.3 is 0 Å². The highest BCUT2D eigenvalue weighted by Gasteiger charge is 2.18. The molecule has 3 heterocycles. The highest BCUT2D eigenvalue weighted by molar-refractivity contribution is 5.91. The van der Waals surface area contributed by atoms with Gasteiger partial charge < -0.3 is 14.8 Å². The summed E-state index contributed by atoms with van der Waals surface area (Å²) < 4.78 is 6.66. The average Bonchev–Trinajstić information content (AvgIpc) is 3.44. The first-order valence-corrected chi connectivity index (χ1v) is 11.3. The fourth-order valence-corrected chi connectivity index (χ4v) is 4.04. The van der Waals surface area contributed by atoms with Gasteiger partial charge in [-0.3, -0.25) is 9.78 Å². The third-order valence-electron chi connectivity index (χ3n) is 5.69. The summed E-state index contributed by atoms with van der Waals surface area (Å²) in [6.45, 7) is 2.51. The van der Waals surface area contributed by atoms with E-state index in [9.17, 15) is 9.70 Å². The summed E-state index contributed by atoms with van der Waals surface area (Å²) in [5, 5.41) is 20.4. The summed E-state index contributed by atoms with van der Waals surface area (Å²) in [6.07, 6.45) is 5.14. The van der Waals surface area contributed by atoms with Crippen LogP contribution in [0.3, 0.4) is 0 Å². The van der Waals surface area contributed by atoms with Crippen LogP contribution in [-0.4, -0.2) is 38.0 Å². The van der Waals surface area contributed by atoms with E-state index in [4.69, 9.17) is 9.52 Å². The van der Waals surface area contributed by atoms with E-state index in [0.717, 1.165) is 16.7 Å². The number of aryl methyl sites for hydroxylation is 1. The topological polar surface area (TPSA) is 136 Å². The van der Waals surface area contributed by atoms with Crippen LogP contribution in [0, 0.1) is 11.8 Å². The van der Waals surface area contributed by atoms with Crippen LogP contribution in [0.15, 0.2) is 81.7 Å². The number of aliphatic hydroxyl groups excluding tert-OH is 1. The number of oxazole rings is 1. The zero-order chi connectivity index (χ0) is 25.1. The first kappa shape index (κ1) is 23.1. The molecule has 5 aromatic rings. The highest BCUT2D eigenvalue weighted by atomic mass is 16.3. The number of pyridine rings is 1. The molecule has 0 bridgehead atoms. The zero-order valence-corrected chi connectivity index (χ0v) is 19.4. The average molecular weight is 483 g/mol. The molecule has 0 aliphatic carbocycles. The molecule has 5 rings (SSSR count). The van der Waals surface area contributed by atoms with Crippen LogP contribution in [0.25, 0.3) is 39.2 Å². The smallest absolute Gasteiger partial charge is 0.281 e. The fraction of sp³-hybridized carbons (Fsp3) is 0.154. The van der Waals surface area contributed by atoms with Crippen LogP contribution in [0.5, 0.6) is 0 Å². The maximum Gasteiger partial charge on any atom is 0.281 e. The minimum atomic E-state index is -0.428. The molecule has 0 unspecified atom stereocenters. The van der Waals surface area contributed by atoms with Gasteiger partial charge in [0.15, 0.2) is 12.2 Å². The number of hydrogen-bond acceptors (Lipinski definition) is 9. The van der Waals surface area contributed by atoms with Crippen LogP contribution >= 0.6 is 0 Å². The Bertz CT molecular complexity index is 1610. The van der Waals surface area contributed by atoms with E-state index in [1.54, 1.807) is 36.7 Å². The molecule has 3 aromatic heterocycles. The molecular weight excluding hydrogens is 460 g/mol. The normalized spacial score (nSPS) is 11.1. The number of aliphatic hydroxyl groups is 1. The third kappa shape index (κ3) is 4.37. The molecule has 36 heavy (non-hydrogen) atoms. The van der Waals surface area contributed by atoms with Gasteiger partial charge in [-0.15, -0.1) is 4.91 Å². The van der Waals surface area contributed by atoms with Gasteiger partial charge in [0.25, 0.3) is 5.56 Å². The second kappa shape index (κ2) is 9.88. The number of nitrogens with zero attached hydrogens (tertiary/aromatic N) is 5. The van der Waals surface area contributed by atoms with E-state index in [0.29, 0.717) is 41.0 Å². The lowest BCUT2D eigenvalue weighted by molar-refractivity contribution is 0.292. The predicted molar refractivity (Wildman–Crippen MR) is 136 cm³/mol. The molecule has 10 heteroatoms. The molecular formula is C26H22N6O4. The molecule has 0 saturated carbocycles. The van der Waals surface area contributed by atoms with Gasteiger partial charge in [-0.2, -0.15) is 9.78 Å². The van der Waals surface area contributed by atoms with Crippen molar-refractivity contribution in [2.24, 2.45) is 5.18 Å². The van der Waals surface area contributed by atoms with Crippen molar-refractivity contribution in [3.8, 4) is 28.3 Å². The van der Waals surface area contributed by atoms with Gasteiger partial charge in [-0.05, 0) is 72.6 Å². The number of hydrogen-bond donors (Lipinski definition) is 2. The molecule has 0 radical (unpaired) electrons. The number of nitrogens with one attached hydrogen (secondary N) is 1. The van der Waals surface area contributed by atoms with E-state index in [-0.39, 0.29) is 18.0 Å². The maximum absolute atomic E-state index is 13.5. The Kier molecular flexibility index (Phi) is 6.33. The molecule has 0 aliphatic rings. The molecule has 0 aliphatic heterocycles. The summed E-state index contributed by atoms with van der Waals surface area (Å²) >= 11 is 0. The van der Waals surface area contributed by atoms with Gasteiger partial charge in [0.05, 0.1) is 11.6 Å². The molecule has 0 spiro atoms. The van der Waals surface area contributed by atoms with Gasteiger partial charge in [-0.1, -0.05) is 0 Å². The summed E-state index contributed by atoms with van der Waals surface area (Å²) in [4.78, 5) is 33.6. The Morgan fingerprint density at radius 1 is 1.14 bits per heavy atom. The second-order valence-electron chi connectivity index (χ2n) is 8.22. The molecule has 0 fully saturated rings. The third-order valence-corrected chi connectivity index (χ3v) is 5.69. The minimum Gasteiger partial charge on any atom is -0.444 e. The lowest BCUT2D eigenvalue weighted by Gasteiger charge is -2.14. The van der Waals surface area contributed by atoms with E-state index in [2.05, 4.69) is 25.6 Å². The fourth-order valence-electron chi connectivity index (χ4n) is 4.04. The highest BCUT2D eigenvalue weighted by Crippen LogP contribution is 2.31. The molecule has 10 nitrogen and oxygen atoms in total. The lowest BCUT2D eigenvalue weighted by atomic mass is 10.0. The molecule has 2 aromatic carbocycles. The van der Waals surface area contributed by atoms with Crippen molar-refractivity contribution < 1.29 is 9.52 Å². The Balaban J connectivity index is 1.74. The lowest BCUT2D eigenvalue weighted by Crippen LogP contribution is -2.23. The number of anilines is 1. The van der Waals surface area contributed by atoms with Crippen molar-refractivity contribution in [3.05, 3.63) is 88.1 Å².